The van der Waals surface area contributed by atoms with Crippen LogP contribution in [0, 0.1) is 0 Å². The Morgan fingerprint density at radius 1 is 0.731 bits per heavy atom. The van der Waals surface area contributed by atoms with Crippen LogP contribution in [0.5, 0.6) is 0 Å². The highest BCUT2D eigenvalue weighted by molar-refractivity contribution is 7.80. The van der Waals surface area contributed by atoms with E-state index in [1.807, 2.05) is 0 Å². The summed E-state index contributed by atoms with van der Waals surface area (Å²) < 4.78 is 0. The summed E-state index contributed by atoms with van der Waals surface area (Å²) in [7, 11) is 0. The zero-order valence-corrected chi connectivity index (χ0v) is 15.9. The molecule has 0 aromatic heterocycles. The number of carbonyl (C=O) groups is 4. The molecule has 0 saturated carbocycles. The average molecular weight is 400 g/mol. The molecule has 0 aromatic carbocycles. The lowest BCUT2D eigenvalue weighted by Crippen LogP contribution is -2.31. The summed E-state index contributed by atoms with van der Waals surface area (Å²) in [5.41, 5.74) is 0. The molecule has 2 saturated heterocycles. The third-order valence-electron chi connectivity index (χ3n) is 3.91. The van der Waals surface area contributed by atoms with Gasteiger partial charge in [0.15, 0.2) is 0 Å². The third kappa shape index (κ3) is 5.80. The minimum Gasteiger partial charge on any atom is -0.333 e. The van der Waals surface area contributed by atoms with E-state index < -0.39 is 11.9 Å². The number of carbonyl (C=O) groups excluding carboxylic acids is 4. The Balaban J connectivity index is 1.52. The largest absolute Gasteiger partial charge is 0.333 e. The van der Waals surface area contributed by atoms with Crippen molar-refractivity contribution in [1.29, 1.82) is 0 Å². The second-order valence-electron chi connectivity index (χ2n) is 6.00. The van der Waals surface area contributed by atoms with Crippen molar-refractivity contribution in [2.45, 2.75) is 64.2 Å². The van der Waals surface area contributed by atoms with Crippen LogP contribution in [0.15, 0.2) is 0 Å². The number of rotatable bonds is 9. The Bertz CT molecular complexity index is 550. The lowest BCUT2D eigenvalue weighted by atomic mass is 10.1. The third-order valence-corrected chi connectivity index (χ3v) is 4.65. The fourth-order valence-electron chi connectivity index (χ4n) is 2.50. The summed E-state index contributed by atoms with van der Waals surface area (Å²) in [5.74, 6) is -1.58. The number of hydrogen-bond donors (Lipinski definition) is 0. The smallest absolute Gasteiger partial charge is 0.333 e. The SMILES string of the molecule is O=C(CCCCCCC(=O)ON1C(=O)CCC1=S)ON1C(=O)CCC1=S. The molecule has 0 atom stereocenters. The number of nitrogens with zero attached hydrogens (tertiary/aromatic N) is 2. The predicted octanol–water partition coefficient (Wildman–Crippen LogP) is 2.14. The van der Waals surface area contributed by atoms with Crippen molar-refractivity contribution in [1.82, 2.24) is 10.1 Å². The van der Waals surface area contributed by atoms with Crippen molar-refractivity contribution in [3.05, 3.63) is 0 Å². The molecule has 0 unspecified atom stereocenters. The van der Waals surface area contributed by atoms with Crippen LogP contribution in [-0.2, 0) is 28.9 Å². The zero-order valence-electron chi connectivity index (χ0n) is 14.2. The zero-order chi connectivity index (χ0) is 19.1. The van der Waals surface area contributed by atoms with Gasteiger partial charge in [-0.05, 0) is 12.8 Å². The van der Waals surface area contributed by atoms with Gasteiger partial charge in [0.1, 0.15) is 9.98 Å². The van der Waals surface area contributed by atoms with Crippen molar-refractivity contribution >= 4 is 58.2 Å². The summed E-state index contributed by atoms with van der Waals surface area (Å²) in [5, 5.41) is 1.80. The van der Waals surface area contributed by atoms with Crippen LogP contribution >= 0.6 is 24.4 Å². The molecule has 2 amide bonds. The van der Waals surface area contributed by atoms with E-state index >= 15 is 0 Å². The van der Waals surface area contributed by atoms with Crippen molar-refractivity contribution in [3.8, 4) is 0 Å². The van der Waals surface area contributed by atoms with Crippen molar-refractivity contribution < 1.29 is 28.9 Å². The molecule has 0 aliphatic carbocycles. The standard InChI is InChI=1S/C16H20N2O6S2/c19-11-7-9-13(25)17(11)23-15(21)5-3-1-2-4-6-16(22)24-18-12(20)8-10-14(18)26/h1-10H2. The second kappa shape index (κ2) is 9.67. The van der Waals surface area contributed by atoms with Gasteiger partial charge in [-0.2, -0.15) is 0 Å². The van der Waals surface area contributed by atoms with E-state index in [0.717, 1.165) is 23.0 Å². The Morgan fingerprint density at radius 3 is 1.42 bits per heavy atom. The number of hydroxylamine groups is 4. The molecule has 2 rings (SSSR count). The molecule has 2 aliphatic rings. The molecule has 0 radical (unpaired) electrons. The predicted molar refractivity (Wildman–Crippen MR) is 97.2 cm³/mol. The van der Waals surface area contributed by atoms with E-state index in [2.05, 4.69) is 0 Å². The molecule has 0 bridgehead atoms. The maximum Gasteiger partial charge on any atom is 0.333 e. The van der Waals surface area contributed by atoms with Crippen LogP contribution in [-0.4, -0.2) is 43.9 Å². The van der Waals surface area contributed by atoms with E-state index in [9.17, 15) is 19.2 Å². The minimum absolute atomic E-state index is 0.174. The number of thiocarbonyl (C=S) groups is 2. The molecule has 2 heterocycles. The normalized spacial score (nSPS) is 17.2. The van der Waals surface area contributed by atoms with Crippen molar-refractivity contribution in [2.24, 2.45) is 0 Å². The first-order valence-electron chi connectivity index (χ1n) is 8.51. The van der Waals surface area contributed by atoms with Gasteiger partial charge in [0.05, 0.1) is 0 Å². The van der Waals surface area contributed by atoms with Crippen LogP contribution < -0.4 is 0 Å². The molecule has 26 heavy (non-hydrogen) atoms. The van der Waals surface area contributed by atoms with Gasteiger partial charge in [-0.1, -0.05) is 37.3 Å². The topological polar surface area (TPSA) is 93.2 Å². The molecular formula is C16H20N2O6S2. The Labute approximate surface area is 161 Å². The summed E-state index contributed by atoms with van der Waals surface area (Å²) in [6.45, 7) is 0. The van der Waals surface area contributed by atoms with Gasteiger partial charge in [-0.3, -0.25) is 9.59 Å². The highest BCUT2D eigenvalue weighted by Gasteiger charge is 2.30. The minimum atomic E-state index is -0.497. The van der Waals surface area contributed by atoms with Crippen LogP contribution in [0.25, 0.3) is 0 Å². The fourth-order valence-corrected chi connectivity index (χ4v) is 2.99. The maximum absolute atomic E-state index is 11.7. The van der Waals surface area contributed by atoms with Gasteiger partial charge in [-0.25, -0.2) is 9.59 Å². The van der Waals surface area contributed by atoms with E-state index in [4.69, 9.17) is 34.1 Å². The van der Waals surface area contributed by atoms with Gasteiger partial charge in [0.2, 0.25) is 0 Å². The Morgan fingerprint density at radius 2 is 1.12 bits per heavy atom. The molecule has 0 aromatic rings. The lowest BCUT2D eigenvalue weighted by Gasteiger charge is -2.14. The Kier molecular flexibility index (Phi) is 7.58. The highest BCUT2D eigenvalue weighted by Crippen LogP contribution is 2.17. The fraction of sp³-hybridized carbons (Fsp3) is 0.625. The Hall–Kier alpha value is -1.94. The summed E-state index contributed by atoms with van der Waals surface area (Å²) in [6, 6.07) is 0. The molecule has 2 fully saturated rings. The first kappa shape index (κ1) is 20.4. The maximum atomic E-state index is 11.7. The molecular weight excluding hydrogens is 380 g/mol. The summed E-state index contributed by atoms with van der Waals surface area (Å²) in [6.07, 6.45) is 4.38. The first-order valence-corrected chi connectivity index (χ1v) is 9.33. The molecule has 0 N–H and O–H groups in total. The first-order chi connectivity index (χ1) is 12.4. The highest BCUT2D eigenvalue weighted by atomic mass is 32.1. The van der Waals surface area contributed by atoms with Crippen LogP contribution in [0.3, 0.4) is 0 Å². The number of hydrogen-bond acceptors (Lipinski definition) is 8. The van der Waals surface area contributed by atoms with E-state index in [0.29, 0.717) is 35.7 Å². The van der Waals surface area contributed by atoms with Gasteiger partial charge in [-0.15, -0.1) is 10.1 Å². The van der Waals surface area contributed by atoms with Crippen molar-refractivity contribution in [3.63, 3.8) is 0 Å². The second-order valence-corrected chi connectivity index (χ2v) is 6.95. The van der Waals surface area contributed by atoms with Crippen LogP contribution in [0.4, 0.5) is 0 Å². The monoisotopic (exact) mass is 400 g/mol. The average Bonchev–Trinajstić information content (AvgIpc) is 3.08. The quantitative estimate of drug-likeness (QED) is 0.429. The lowest BCUT2D eigenvalue weighted by molar-refractivity contribution is -0.180. The van der Waals surface area contributed by atoms with Crippen LogP contribution in [0.2, 0.25) is 0 Å². The molecule has 8 nitrogen and oxygen atoms in total. The molecule has 10 heteroatoms. The van der Waals surface area contributed by atoms with E-state index in [1.54, 1.807) is 0 Å². The molecule has 2 aliphatic heterocycles. The number of amides is 2. The van der Waals surface area contributed by atoms with Gasteiger partial charge < -0.3 is 9.68 Å². The molecule has 142 valence electrons. The van der Waals surface area contributed by atoms with E-state index in [-0.39, 0.29) is 37.5 Å². The van der Waals surface area contributed by atoms with Gasteiger partial charge >= 0.3 is 11.9 Å². The summed E-state index contributed by atoms with van der Waals surface area (Å²) in [4.78, 5) is 56.8. The van der Waals surface area contributed by atoms with Gasteiger partial charge in [0.25, 0.3) is 11.8 Å². The van der Waals surface area contributed by atoms with Gasteiger partial charge in [0, 0.05) is 38.5 Å². The number of unbranched alkanes of at least 4 members (excludes halogenated alkanes) is 3. The van der Waals surface area contributed by atoms with Crippen LogP contribution in [0.1, 0.15) is 64.2 Å². The molecule has 0 spiro atoms. The summed E-state index contributed by atoms with van der Waals surface area (Å²) >= 11 is 9.89. The van der Waals surface area contributed by atoms with Crippen molar-refractivity contribution in [2.75, 3.05) is 0 Å². The van der Waals surface area contributed by atoms with E-state index in [1.165, 1.54) is 0 Å².